The Kier molecular flexibility index (Phi) is 23.0. The Bertz CT molecular complexity index is 2500. The van der Waals surface area contributed by atoms with Crippen molar-refractivity contribution in [3.05, 3.63) is 0 Å². The van der Waals surface area contributed by atoms with Crippen molar-refractivity contribution in [3.8, 4) is 0 Å². The zero-order valence-corrected chi connectivity index (χ0v) is 62.6. The number of fused-ring (bicyclic) bond motifs is 27. The molecule has 16 aliphatic rings. The van der Waals surface area contributed by atoms with Crippen LogP contribution >= 0.6 is 0 Å². The van der Waals surface area contributed by atoms with E-state index in [1.165, 1.54) is 141 Å². The summed E-state index contributed by atoms with van der Waals surface area (Å²) in [7, 11) is 2.10. The van der Waals surface area contributed by atoms with E-state index in [2.05, 4.69) is 60.9 Å². The fourth-order valence-electron chi connectivity index (χ4n) is 28.5. The molecule has 5 heterocycles. The van der Waals surface area contributed by atoms with E-state index in [4.69, 9.17) is 65.6 Å². The fourth-order valence-corrected chi connectivity index (χ4v) is 28.5. The second kappa shape index (κ2) is 31.5. The van der Waals surface area contributed by atoms with E-state index in [9.17, 15) is 0 Å². The van der Waals surface area contributed by atoms with Crippen LogP contribution in [0.15, 0.2) is 0 Å². The lowest BCUT2D eigenvalue weighted by atomic mass is 9.52. The Balaban J connectivity index is 0.859. The Morgan fingerprint density at radius 1 is 0.247 bits per heavy atom. The topological polar surface area (TPSA) is 152 Å². The lowest BCUT2D eigenvalue weighted by molar-refractivity contribution is -0.187. The predicted molar refractivity (Wildman–Crippen MR) is 386 cm³/mol. The largest absolute Gasteiger partial charge is 0.381 e. The van der Waals surface area contributed by atoms with Crippen LogP contribution in [0, 0.1) is 142 Å². The first-order valence-corrected chi connectivity index (χ1v) is 43.4. The molecular weight excluding hydrogens is 1200 g/mol. The lowest BCUT2D eigenvalue weighted by Gasteiger charge is -2.57. The molecule has 5 aliphatic heterocycles. The van der Waals surface area contributed by atoms with Gasteiger partial charge < -0.3 is 28.4 Å². The van der Waals surface area contributed by atoms with Gasteiger partial charge in [0.15, 0.2) is 0 Å². The molecule has 8 bridgehead atoms. The Morgan fingerprint density at radius 2 is 0.464 bits per heavy atom. The second-order valence-corrected chi connectivity index (χ2v) is 37.1. The van der Waals surface area contributed by atoms with Crippen LogP contribution in [-0.2, 0) is 28.4 Å². The van der Waals surface area contributed by atoms with Crippen LogP contribution in [0.3, 0.4) is 0 Å². The molecule has 16 rings (SSSR count). The molecule has 38 atom stereocenters. The van der Waals surface area contributed by atoms with Gasteiger partial charge in [-0.05, 0) is 190 Å². The third-order valence-corrected chi connectivity index (χ3v) is 32.6. The highest BCUT2D eigenvalue weighted by Crippen LogP contribution is 2.63. The van der Waals surface area contributed by atoms with Gasteiger partial charge in [-0.3, -0.25) is 42.5 Å². The van der Waals surface area contributed by atoms with Gasteiger partial charge in [-0.1, -0.05) is 170 Å². The molecule has 0 spiro atoms. The fraction of sp³-hybridized carbons (Fsp3) is 1.00. The molecule has 14 heteroatoms. The maximum Gasteiger partial charge on any atom is 0.0667 e. The van der Waals surface area contributed by atoms with Crippen LogP contribution in [0.2, 0.25) is 0 Å². The predicted octanol–water partition coefficient (Wildman–Crippen LogP) is 13.9. The maximum atomic E-state index is 7.84. The smallest absolute Gasteiger partial charge is 0.0667 e. The molecule has 38 unspecified atom stereocenters. The summed E-state index contributed by atoms with van der Waals surface area (Å²) in [6, 6.07) is 0. The van der Waals surface area contributed by atoms with Gasteiger partial charge in [0.2, 0.25) is 0 Å². The first-order chi connectivity index (χ1) is 47.7. The van der Waals surface area contributed by atoms with Crippen molar-refractivity contribution in [2.45, 2.75) is 340 Å². The van der Waals surface area contributed by atoms with Gasteiger partial charge in [0, 0.05) is 75.7 Å². The quantitative estimate of drug-likeness (QED) is 0.0515. The van der Waals surface area contributed by atoms with Crippen LogP contribution in [0.4, 0.5) is 0 Å². The zero-order valence-electron chi connectivity index (χ0n) is 62.6. The maximum absolute atomic E-state index is 7.84. The number of rotatable bonds is 21. The molecule has 11 aliphatic carbocycles. The molecule has 5 saturated heterocycles. The van der Waals surface area contributed by atoms with Crippen molar-refractivity contribution < 1.29 is 28.4 Å². The molecule has 11 saturated carbocycles. The molecule has 0 amide bonds. The molecule has 97 heavy (non-hydrogen) atoms. The zero-order chi connectivity index (χ0) is 66.0. The summed E-state index contributed by atoms with van der Waals surface area (Å²) in [6.45, 7) is 21.5. The first-order valence-electron chi connectivity index (χ1n) is 43.4. The van der Waals surface area contributed by atoms with Gasteiger partial charge in [-0.2, -0.15) is 0 Å². The Labute approximate surface area is 590 Å². The van der Waals surface area contributed by atoms with E-state index < -0.39 is 0 Å². The number of hydrogen-bond acceptors (Lipinski definition) is 14. The van der Waals surface area contributed by atoms with E-state index in [-0.39, 0.29) is 121 Å². The van der Waals surface area contributed by atoms with Gasteiger partial charge in [0.05, 0.1) is 86.0 Å². The van der Waals surface area contributed by atoms with Gasteiger partial charge in [-0.15, -0.1) is 0 Å². The number of unbranched alkanes of at least 4 members (excludes halogenated alkanes) is 5. The highest BCUT2D eigenvalue weighted by molar-refractivity contribution is 5.20. The molecular formula is C83H144N8O6. The minimum Gasteiger partial charge on any atom is -0.381 e. The highest BCUT2D eigenvalue weighted by Gasteiger charge is 2.69. The average molecular weight is 1350 g/mol. The highest BCUT2D eigenvalue weighted by atomic mass is 16.5. The standard InChI is InChI=1S/C83H144N8O6/c1-9-14-35-93-71-57-41-49-28-20-19-27-48(49)40-56(57)47(7)63-65(71)79-85-77(63)87-81-67-66(72(94-36-15-10-2)58-42-50-29-21-22-30-51(50)43-59(58)73(67)95-37-16-11-3)80(90-81)86-76-62-46(6)54-33-25-26-34-55(54)70(92-8)64(62)78(84-76)88-82-68-69(83(89-79)91-82)75(97-39-18-13-5)61-45-53-32-24-23-31-52(53)44-60(61)74(68)96-38-17-12-4/h46-91H,9-45H2,1-8H3. The summed E-state index contributed by atoms with van der Waals surface area (Å²) in [4.78, 5) is 0. The molecule has 0 radical (unpaired) electrons. The van der Waals surface area contributed by atoms with Crippen molar-refractivity contribution in [2.24, 2.45) is 142 Å². The minimum absolute atomic E-state index is 0.00183. The Morgan fingerprint density at radius 3 is 0.742 bits per heavy atom. The van der Waals surface area contributed by atoms with Gasteiger partial charge in [-0.25, -0.2) is 0 Å². The summed E-state index contributed by atoms with van der Waals surface area (Å²) in [5.74, 6) is 12.6. The van der Waals surface area contributed by atoms with Crippen LogP contribution in [0.1, 0.15) is 254 Å². The molecule has 0 aromatic rings. The van der Waals surface area contributed by atoms with Crippen molar-refractivity contribution in [2.75, 3.05) is 40.1 Å². The van der Waals surface area contributed by atoms with Crippen molar-refractivity contribution in [3.63, 3.8) is 0 Å². The molecule has 8 N–H and O–H groups in total. The van der Waals surface area contributed by atoms with Crippen LogP contribution in [-0.4, -0.2) is 126 Å². The van der Waals surface area contributed by atoms with Crippen LogP contribution < -0.4 is 42.5 Å². The second-order valence-electron chi connectivity index (χ2n) is 37.1. The summed E-state index contributed by atoms with van der Waals surface area (Å²) in [5, 5.41) is 38.1. The van der Waals surface area contributed by atoms with E-state index in [0.717, 1.165) is 133 Å². The van der Waals surface area contributed by atoms with Crippen molar-refractivity contribution in [1.82, 2.24) is 42.5 Å². The van der Waals surface area contributed by atoms with Crippen molar-refractivity contribution >= 4 is 0 Å². The molecule has 16 fully saturated rings. The third-order valence-electron chi connectivity index (χ3n) is 32.6. The van der Waals surface area contributed by atoms with E-state index in [1.807, 2.05) is 0 Å². The lowest BCUT2D eigenvalue weighted by Crippen LogP contribution is -2.64. The van der Waals surface area contributed by atoms with Crippen molar-refractivity contribution in [1.29, 1.82) is 0 Å². The van der Waals surface area contributed by atoms with Crippen LogP contribution in [0.25, 0.3) is 0 Å². The molecule has 0 aromatic heterocycles. The minimum atomic E-state index is -0.00193. The summed E-state index contributed by atoms with van der Waals surface area (Å²) >= 11 is 0. The van der Waals surface area contributed by atoms with Gasteiger partial charge in [0.1, 0.15) is 0 Å². The number of hydrogen-bond donors (Lipinski definition) is 8. The van der Waals surface area contributed by atoms with E-state index in [1.54, 1.807) is 0 Å². The number of ether oxygens (including phenoxy) is 6. The summed E-state index contributed by atoms with van der Waals surface area (Å²) in [6.07, 6.45) is 42.6. The third kappa shape index (κ3) is 13.3. The first kappa shape index (κ1) is 70.7. The van der Waals surface area contributed by atoms with E-state index in [0.29, 0.717) is 71.0 Å². The molecule has 14 nitrogen and oxygen atoms in total. The normalized spacial score (nSPS) is 52.6. The van der Waals surface area contributed by atoms with E-state index >= 15 is 0 Å². The molecule has 552 valence electrons. The number of nitrogens with one attached hydrogen (secondary N) is 8. The monoisotopic (exact) mass is 1350 g/mol. The average Bonchev–Trinajstić information content (AvgIpc) is 1.66. The van der Waals surface area contributed by atoms with Gasteiger partial charge in [0.25, 0.3) is 0 Å². The SMILES string of the molecule is CCCCOC1C2CC3CCCCC3CC2C(C)C2C3NC(NC4NC(NC5NC(NC6NC(N3)C3C(OCCCC)C7CC8CCCCC8CC7C(OCCCC)C63)C3C(C)C6CCCCC6C(OC)C53)C3C(OCCCC)C5CC6CCCCC6CC5C(OCCCC)C43)C12. The Hall–Kier alpha value is -0.560. The molecule has 0 aromatic carbocycles. The van der Waals surface area contributed by atoms with Crippen LogP contribution in [0.5, 0.6) is 0 Å². The summed E-state index contributed by atoms with van der Waals surface area (Å²) < 4.78 is 46.3. The number of methoxy groups -OCH3 is 1. The summed E-state index contributed by atoms with van der Waals surface area (Å²) in [5.41, 5.74) is 0. The van der Waals surface area contributed by atoms with Gasteiger partial charge >= 0.3 is 0 Å².